The zero-order valence-corrected chi connectivity index (χ0v) is 9.32. The van der Waals surface area contributed by atoms with Crippen LogP contribution in [0.5, 0.6) is 0 Å². The van der Waals surface area contributed by atoms with Gasteiger partial charge in [0.2, 0.25) is 11.8 Å². The van der Waals surface area contributed by atoms with Crippen molar-refractivity contribution in [1.82, 2.24) is 20.8 Å². The molecule has 1 amide bonds. The van der Waals surface area contributed by atoms with E-state index in [0.717, 1.165) is 19.5 Å². The first-order chi connectivity index (χ1) is 7.71. The van der Waals surface area contributed by atoms with Crippen LogP contribution in [0.4, 0.5) is 0 Å². The molecule has 0 bridgehead atoms. The first kappa shape index (κ1) is 11.1. The standard InChI is InChI=1S/C10H16N4O2/c1-10(3-5-11-6-10)9(15)12-4-2-8-13-7-14-16-8/h7,11H,2-6H2,1H3,(H,12,15). The summed E-state index contributed by atoms with van der Waals surface area (Å²) in [7, 11) is 0. The Morgan fingerprint density at radius 3 is 3.25 bits per heavy atom. The summed E-state index contributed by atoms with van der Waals surface area (Å²) in [5.74, 6) is 0.645. The SMILES string of the molecule is CC1(C(=O)NCCc2ncno2)CCNC1. The van der Waals surface area contributed by atoms with Gasteiger partial charge < -0.3 is 15.2 Å². The molecule has 16 heavy (non-hydrogen) atoms. The number of carbonyl (C=O) groups is 1. The first-order valence-corrected chi connectivity index (χ1v) is 5.45. The number of hydrogen-bond acceptors (Lipinski definition) is 5. The van der Waals surface area contributed by atoms with Crippen molar-refractivity contribution in [3.63, 3.8) is 0 Å². The molecule has 0 aromatic carbocycles. The van der Waals surface area contributed by atoms with Crippen LogP contribution in [-0.4, -0.2) is 35.7 Å². The van der Waals surface area contributed by atoms with Gasteiger partial charge in [0.25, 0.3) is 0 Å². The molecule has 1 aromatic heterocycles. The Balaban J connectivity index is 1.75. The third-order valence-electron chi connectivity index (χ3n) is 2.95. The summed E-state index contributed by atoms with van der Waals surface area (Å²) in [6.07, 6.45) is 2.83. The van der Waals surface area contributed by atoms with E-state index in [0.29, 0.717) is 18.9 Å². The minimum Gasteiger partial charge on any atom is -0.355 e. The van der Waals surface area contributed by atoms with Crippen LogP contribution < -0.4 is 10.6 Å². The van der Waals surface area contributed by atoms with Crippen molar-refractivity contribution in [2.45, 2.75) is 19.8 Å². The molecule has 6 heteroatoms. The fraction of sp³-hybridized carbons (Fsp3) is 0.700. The van der Waals surface area contributed by atoms with Crippen LogP contribution in [0, 0.1) is 5.41 Å². The minimum absolute atomic E-state index is 0.0945. The zero-order valence-electron chi connectivity index (χ0n) is 9.32. The van der Waals surface area contributed by atoms with E-state index in [1.165, 1.54) is 6.33 Å². The maximum Gasteiger partial charge on any atom is 0.228 e. The molecule has 0 radical (unpaired) electrons. The molecular formula is C10H16N4O2. The van der Waals surface area contributed by atoms with Gasteiger partial charge in [-0.2, -0.15) is 4.98 Å². The predicted octanol–water partition coefficient (Wildman–Crippen LogP) is -0.272. The molecule has 0 spiro atoms. The van der Waals surface area contributed by atoms with E-state index in [-0.39, 0.29) is 11.3 Å². The summed E-state index contributed by atoms with van der Waals surface area (Å²) in [4.78, 5) is 15.8. The normalized spacial score (nSPS) is 24.6. The molecule has 1 atom stereocenters. The molecule has 1 fully saturated rings. The molecule has 6 nitrogen and oxygen atoms in total. The second kappa shape index (κ2) is 4.61. The largest absolute Gasteiger partial charge is 0.355 e. The van der Waals surface area contributed by atoms with Gasteiger partial charge in [-0.3, -0.25) is 4.79 Å². The molecule has 1 aliphatic heterocycles. The lowest BCUT2D eigenvalue weighted by Gasteiger charge is -2.21. The Hall–Kier alpha value is -1.43. The summed E-state index contributed by atoms with van der Waals surface area (Å²) < 4.78 is 4.84. The topological polar surface area (TPSA) is 80.1 Å². The second-order valence-corrected chi connectivity index (χ2v) is 4.33. The van der Waals surface area contributed by atoms with Gasteiger partial charge >= 0.3 is 0 Å². The van der Waals surface area contributed by atoms with Gasteiger partial charge in [0, 0.05) is 19.5 Å². The summed E-state index contributed by atoms with van der Waals surface area (Å²) >= 11 is 0. The van der Waals surface area contributed by atoms with E-state index in [4.69, 9.17) is 4.52 Å². The molecule has 1 aromatic rings. The van der Waals surface area contributed by atoms with Crippen molar-refractivity contribution in [3.8, 4) is 0 Å². The zero-order chi connectivity index (χ0) is 11.4. The van der Waals surface area contributed by atoms with Crippen molar-refractivity contribution in [1.29, 1.82) is 0 Å². The van der Waals surface area contributed by atoms with Crippen molar-refractivity contribution < 1.29 is 9.32 Å². The molecular weight excluding hydrogens is 208 g/mol. The molecule has 1 aliphatic rings. The maximum atomic E-state index is 11.9. The third-order valence-corrected chi connectivity index (χ3v) is 2.95. The lowest BCUT2D eigenvalue weighted by Crippen LogP contribution is -2.41. The van der Waals surface area contributed by atoms with Gasteiger partial charge in [-0.05, 0) is 19.9 Å². The summed E-state index contributed by atoms with van der Waals surface area (Å²) in [6.45, 7) is 4.18. The van der Waals surface area contributed by atoms with Gasteiger partial charge in [-0.25, -0.2) is 0 Å². The fourth-order valence-electron chi connectivity index (χ4n) is 1.81. The highest BCUT2D eigenvalue weighted by atomic mass is 16.5. The predicted molar refractivity (Wildman–Crippen MR) is 56.6 cm³/mol. The monoisotopic (exact) mass is 224 g/mol. The molecule has 2 heterocycles. The van der Waals surface area contributed by atoms with Gasteiger partial charge in [0.05, 0.1) is 5.41 Å². The Kier molecular flexibility index (Phi) is 3.19. The smallest absolute Gasteiger partial charge is 0.228 e. The Bertz CT molecular complexity index is 344. The number of aromatic nitrogens is 2. The highest BCUT2D eigenvalue weighted by molar-refractivity contribution is 5.82. The molecule has 88 valence electrons. The van der Waals surface area contributed by atoms with Crippen molar-refractivity contribution in [3.05, 3.63) is 12.2 Å². The summed E-state index contributed by atoms with van der Waals surface area (Å²) in [5.41, 5.74) is -0.269. The van der Waals surface area contributed by atoms with Crippen molar-refractivity contribution >= 4 is 5.91 Å². The van der Waals surface area contributed by atoms with Crippen LogP contribution in [0.15, 0.2) is 10.9 Å². The van der Waals surface area contributed by atoms with Crippen LogP contribution in [0.3, 0.4) is 0 Å². The third kappa shape index (κ3) is 2.38. The van der Waals surface area contributed by atoms with Gasteiger partial charge in [-0.1, -0.05) is 5.16 Å². The highest BCUT2D eigenvalue weighted by Gasteiger charge is 2.35. The quantitative estimate of drug-likeness (QED) is 0.735. The van der Waals surface area contributed by atoms with Crippen LogP contribution in [0.1, 0.15) is 19.2 Å². The highest BCUT2D eigenvalue weighted by Crippen LogP contribution is 2.24. The van der Waals surface area contributed by atoms with E-state index < -0.39 is 0 Å². The van der Waals surface area contributed by atoms with Crippen LogP contribution >= 0.6 is 0 Å². The van der Waals surface area contributed by atoms with Crippen LogP contribution in [0.25, 0.3) is 0 Å². The lowest BCUT2D eigenvalue weighted by atomic mass is 9.89. The Labute approximate surface area is 93.8 Å². The molecule has 2 rings (SSSR count). The van der Waals surface area contributed by atoms with Crippen molar-refractivity contribution in [2.75, 3.05) is 19.6 Å². The Morgan fingerprint density at radius 2 is 2.62 bits per heavy atom. The van der Waals surface area contributed by atoms with E-state index in [9.17, 15) is 4.79 Å². The lowest BCUT2D eigenvalue weighted by molar-refractivity contribution is -0.129. The average molecular weight is 224 g/mol. The van der Waals surface area contributed by atoms with E-state index in [1.807, 2.05) is 6.92 Å². The number of amides is 1. The number of nitrogens with zero attached hydrogens (tertiary/aromatic N) is 2. The molecule has 2 N–H and O–H groups in total. The molecule has 0 aliphatic carbocycles. The van der Waals surface area contributed by atoms with E-state index >= 15 is 0 Å². The molecule has 1 saturated heterocycles. The molecule has 1 unspecified atom stereocenters. The van der Waals surface area contributed by atoms with Gasteiger partial charge in [0.1, 0.15) is 0 Å². The minimum atomic E-state index is -0.269. The van der Waals surface area contributed by atoms with Crippen molar-refractivity contribution in [2.24, 2.45) is 5.41 Å². The summed E-state index contributed by atoms with van der Waals surface area (Å²) in [6, 6.07) is 0. The second-order valence-electron chi connectivity index (χ2n) is 4.33. The number of rotatable bonds is 4. The van der Waals surface area contributed by atoms with Crippen LogP contribution in [-0.2, 0) is 11.2 Å². The average Bonchev–Trinajstić information content (AvgIpc) is 2.90. The van der Waals surface area contributed by atoms with E-state index in [2.05, 4.69) is 20.8 Å². The Morgan fingerprint density at radius 1 is 1.75 bits per heavy atom. The summed E-state index contributed by atoms with van der Waals surface area (Å²) in [5, 5.41) is 9.59. The van der Waals surface area contributed by atoms with Crippen LogP contribution in [0.2, 0.25) is 0 Å². The number of nitrogens with one attached hydrogen (secondary N) is 2. The van der Waals surface area contributed by atoms with E-state index in [1.54, 1.807) is 0 Å². The maximum absolute atomic E-state index is 11.9. The first-order valence-electron chi connectivity index (χ1n) is 5.45. The van der Waals surface area contributed by atoms with Gasteiger partial charge in [-0.15, -0.1) is 0 Å². The number of carbonyl (C=O) groups excluding carboxylic acids is 1. The van der Waals surface area contributed by atoms with Gasteiger partial charge in [0.15, 0.2) is 6.33 Å². The molecule has 0 saturated carbocycles. The fourth-order valence-corrected chi connectivity index (χ4v) is 1.81. The number of hydrogen-bond donors (Lipinski definition) is 2.